The molecule has 1 aromatic rings. The van der Waals surface area contributed by atoms with Gasteiger partial charge in [-0.25, -0.2) is 9.97 Å². The second-order valence-corrected chi connectivity index (χ2v) is 3.20. The van der Waals surface area contributed by atoms with Gasteiger partial charge >= 0.3 is 0 Å². The van der Waals surface area contributed by atoms with Crippen LogP contribution in [-0.4, -0.2) is 9.97 Å². The third kappa shape index (κ3) is 6.90. The lowest BCUT2D eigenvalue weighted by Gasteiger charge is -2.04. The van der Waals surface area contributed by atoms with E-state index in [4.69, 9.17) is 0 Å². The summed E-state index contributed by atoms with van der Waals surface area (Å²) in [6, 6.07) is 0. The smallest absolute Gasteiger partial charge is 0.126 e. The number of aromatic nitrogens is 2. The maximum atomic E-state index is 4.39. The van der Waals surface area contributed by atoms with Crippen molar-refractivity contribution in [3.05, 3.63) is 34.9 Å². The zero-order valence-corrected chi connectivity index (χ0v) is 13.9. The van der Waals surface area contributed by atoms with E-state index < -0.39 is 0 Å². The van der Waals surface area contributed by atoms with Gasteiger partial charge in [0.15, 0.2) is 0 Å². The Labute approximate surface area is 119 Å². The van der Waals surface area contributed by atoms with Crippen LogP contribution < -0.4 is 0 Å². The van der Waals surface area contributed by atoms with Crippen LogP contribution in [0.4, 0.5) is 0 Å². The van der Waals surface area contributed by atoms with E-state index in [9.17, 15) is 0 Å². The number of nitrogens with zero attached hydrogens (tertiary/aromatic N) is 2. The number of rotatable bonds is 0. The third-order valence-electron chi connectivity index (χ3n) is 2.11. The zero-order valence-electron chi connectivity index (χ0n) is 13.9. The highest BCUT2D eigenvalue weighted by Crippen LogP contribution is 2.17. The van der Waals surface area contributed by atoms with E-state index in [1.54, 1.807) is 0 Å². The first kappa shape index (κ1) is 19.9. The molecule has 1 heterocycles. The molecule has 0 atom stereocenters. The van der Waals surface area contributed by atoms with Gasteiger partial charge in [-0.3, -0.25) is 0 Å². The van der Waals surface area contributed by atoms with Crippen LogP contribution in [0.3, 0.4) is 0 Å². The highest BCUT2D eigenvalue weighted by atomic mass is 14.9. The van der Waals surface area contributed by atoms with Gasteiger partial charge in [0.05, 0.1) is 5.69 Å². The van der Waals surface area contributed by atoms with E-state index >= 15 is 0 Å². The molecule has 0 radical (unpaired) electrons. The lowest BCUT2D eigenvalue weighted by molar-refractivity contribution is 0.995. The predicted octanol–water partition coefficient (Wildman–Crippen LogP) is 5.60. The molecular formula is C17H30N2. The van der Waals surface area contributed by atoms with E-state index in [-0.39, 0.29) is 0 Å². The standard InChI is InChI=1S/C11H12N2.3C2H6/c1-8-10-6-4-3-5-7-11(10)13-9(2)12-8;3*1-2/h4-7H,3H2,1-2H3;3*1-2H3. The summed E-state index contributed by atoms with van der Waals surface area (Å²) in [7, 11) is 0. The van der Waals surface area contributed by atoms with E-state index in [1.807, 2.05) is 55.4 Å². The van der Waals surface area contributed by atoms with E-state index in [2.05, 4.69) is 34.3 Å². The van der Waals surface area contributed by atoms with Crippen molar-refractivity contribution >= 4 is 12.2 Å². The Hall–Kier alpha value is -1.44. The van der Waals surface area contributed by atoms with E-state index in [0.717, 1.165) is 29.2 Å². The quantitative estimate of drug-likeness (QED) is 0.608. The maximum Gasteiger partial charge on any atom is 0.126 e. The van der Waals surface area contributed by atoms with E-state index in [1.165, 1.54) is 0 Å². The highest BCUT2D eigenvalue weighted by Gasteiger charge is 2.05. The van der Waals surface area contributed by atoms with E-state index in [0.29, 0.717) is 0 Å². The van der Waals surface area contributed by atoms with Gasteiger partial charge in [0.1, 0.15) is 5.82 Å². The molecule has 0 aliphatic heterocycles. The summed E-state index contributed by atoms with van der Waals surface area (Å²) in [5.74, 6) is 0.844. The summed E-state index contributed by atoms with van der Waals surface area (Å²) < 4.78 is 0. The molecule has 0 unspecified atom stereocenters. The van der Waals surface area contributed by atoms with Crippen LogP contribution in [0.2, 0.25) is 0 Å². The Morgan fingerprint density at radius 1 is 0.789 bits per heavy atom. The van der Waals surface area contributed by atoms with Gasteiger partial charge < -0.3 is 0 Å². The zero-order chi connectivity index (χ0) is 15.3. The summed E-state index contributed by atoms with van der Waals surface area (Å²) in [5.41, 5.74) is 3.25. The van der Waals surface area contributed by atoms with Crippen LogP contribution in [0.15, 0.2) is 12.2 Å². The second-order valence-electron chi connectivity index (χ2n) is 3.20. The fourth-order valence-corrected chi connectivity index (χ4v) is 1.52. The minimum Gasteiger partial charge on any atom is -0.238 e. The normalized spacial score (nSPS) is 10.5. The number of hydrogen-bond donors (Lipinski definition) is 0. The molecule has 1 aliphatic rings. The summed E-state index contributed by atoms with van der Waals surface area (Å²) in [4.78, 5) is 8.72. The molecule has 1 aliphatic carbocycles. The molecule has 0 spiro atoms. The summed E-state index contributed by atoms with van der Waals surface area (Å²) in [6.45, 7) is 16.0. The molecule has 2 nitrogen and oxygen atoms in total. The number of hydrogen-bond acceptors (Lipinski definition) is 2. The molecule has 0 N–H and O–H groups in total. The van der Waals surface area contributed by atoms with Crippen molar-refractivity contribution in [3.63, 3.8) is 0 Å². The molecule has 2 rings (SSSR count). The van der Waals surface area contributed by atoms with Crippen molar-refractivity contribution < 1.29 is 0 Å². The molecule has 0 fully saturated rings. The van der Waals surface area contributed by atoms with Gasteiger partial charge in [-0.05, 0) is 26.3 Å². The van der Waals surface area contributed by atoms with Gasteiger partial charge in [-0.1, -0.05) is 59.8 Å². The third-order valence-corrected chi connectivity index (χ3v) is 2.11. The Kier molecular flexibility index (Phi) is 13.6. The van der Waals surface area contributed by atoms with Gasteiger partial charge in [0.25, 0.3) is 0 Å². The molecule has 0 saturated carbocycles. The lowest BCUT2D eigenvalue weighted by atomic mass is 10.1. The molecule has 19 heavy (non-hydrogen) atoms. The van der Waals surface area contributed by atoms with Crippen molar-refractivity contribution in [2.24, 2.45) is 0 Å². The first-order valence-corrected chi connectivity index (χ1v) is 7.45. The molecule has 2 heteroatoms. The van der Waals surface area contributed by atoms with Crippen molar-refractivity contribution in [1.29, 1.82) is 0 Å². The molecule has 0 saturated heterocycles. The molecule has 0 aromatic carbocycles. The van der Waals surface area contributed by atoms with Crippen molar-refractivity contribution in [1.82, 2.24) is 9.97 Å². The van der Waals surface area contributed by atoms with Crippen molar-refractivity contribution in [2.75, 3.05) is 0 Å². The fourth-order valence-electron chi connectivity index (χ4n) is 1.52. The summed E-state index contributed by atoms with van der Waals surface area (Å²) in [6.07, 6.45) is 9.40. The lowest BCUT2D eigenvalue weighted by Crippen LogP contribution is -1.98. The summed E-state index contributed by atoms with van der Waals surface area (Å²) >= 11 is 0. The number of fused-ring (bicyclic) bond motifs is 1. The maximum absolute atomic E-state index is 4.39. The Bertz CT molecular complexity index is 390. The average molecular weight is 262 g/mol. The second kappa shape index (κ2) is 13.0. The largest absolute Gasteiger partial charge is 0.238 e. The van der Waals surface area contributed by atoms with Gasteiger partial charge in [-0.15, -0.1) is 0 Å². The van der Waals surface area contributed by atoms with Crippen LogP contribution in [-0.2, 0) is 0 Å². The van der Waals surface area contributed by atoms with Crippen molar-refractivity contribution in [3.8, 4) is 0 Å². The Morgan fingerprint density at radius 2 is 1.32 bits per heavy atom. The van der Waals surface area contributed by atoms with Gasteiger partial charge in [0.2, 0.25) is 0 Å². The highest BCUT2D eigenvalue weighted by molar-refractivity contribution is 5.66. The van der Waals surface area contributed by atoms with Crippen LogP contribution >= 0.6 is 0 Å². The average Bonchev–Trinajstić information content (AvgIpc) is 2.71. The molecule has 0 bridgehead atoms. The first-order chi connectivity index (χ1) is 9.27. The fraction of sp³-hybridized carbons (Fsp3) is 0.529. The van der Waals surface area contributed by atoms with Gasteiger partial charge in [-0.2, -0.15) is 0 Å². The minimum absolute atomic E-state index is 0.844. The first-order valence-electron chi connectivity index (χ1n) is 7.45. The Balaban J connectivity index is 0. The van der Waals surface area contributed by atoms with Crippen LogP contribution in [0, 0.1) is 13.8 Å². The number of allylic oxidation sites excluding steroid dienone is 2. The van der Waals surface area contributed by atoms with Crippen LogP contribution in [0.5, 0.6) is 0 Å². The Morgan fingerprint density at radius 3 is 1.89 bits per heavy atom. The van der Waals surface area contributed by atoms with Crippen molar-refractivity contribution in [2.45, 2.75) is 61.8 Å². The van der Waals surface area contributed by atoms with Crippen LogP contribution in [0.25, 0.3) is 12.2 Å². The SMILES string of the molecule is CC.CC.CC.Cc1nc(C)c2c(n1)C=CCC=C2. The van der Waals surface area contributed by atoms with Gasteiger partial charge in [0, 0.05) is 11.3 Å². The monoisotopic (exact) mass is 262 g/mol. The minimum atomic E-state index is 0.844. The molecule has 108 valence electrons. The van der Waals surface area contributed by atoms with Crippen LogP contribution in [0.1, 0.15) is 70.7 Å². The molecule has 0 amide bonds. The number of aryl methyl sites for hydroxylation is 2. The molecule has 1 aromatic heterocycles. The molecular weight excluding hydrogens is 232 g/mol. The predicted molar refractivity (Wildman–Crippen MR) is 88.2 cm³/mol. The topological polar surface area (TPSA) is 25.8 Å². The summed E-state index contributed by atoms with van der Waals surface area (Å²) in [5, 5.41) is 0.